The van der Waals surface area contributed by atoms with E-state index in [1.54, 1.807) is 6.21 Å². The Bertz CT molecular complexity index is 721. The Labute approximate surface area is 148 Å². The van der Waals surface area contributed by atoms with Crippen LogP contribution in [0.3, 0.4) is 0 Å². The van der Waals surface area contributed by atoms with Crippen LogP contribution >= 0.6 is 0 Å². The molecule has 0 spiro atoms. The van der Waals surface area contributed by atoms with Gasteiger partial charge in [0.05, 0.1) is 19.4 Å². The molecule has 0 aliphatic heterocycles. The van der Waals surface area contributed by atoms with E-state index in [2.05, 4.69) is 10.5 Å². The minimum atomic E-state index is -0.201. The van der Waals surface area contributed by atoms with Gasteiger partial charge in [0, 0.05) is 13.3 Å². The van der Waals surface area contributed by atoms with E-state index in [0.29, 0.717) is 13.2 Å². The second kappa shape index (κ2) is 9.47. The first-order valence-corrected chi connectivity index (χ1v) is 8.28. The van der Waals surface area contributed by atoms with E-state index >= 15 is 0 Å². The third-order valence-corrected chi connectivity index (χ3v) is 3.51. The van der Waals surface area contributed by atoms with Gasteiger partial charge in [-0.1, -0.05) is 30.3 Å². The standard InChI is InChI=1S/C20H24N2O3/c1-15-7-4-8-16(2)20(15)25-12-6-11-24-19-10-5-9-18(13-19)14-21-22-17(3)23/h4-5,7-10,13-14H,6,11-12H2,1-3H3,(H,22,23). The fourth-order valence-corrected chi connectivity index (χ4v) is 2.33. The van der Waals surface area contributed by atoms with Crippen LogP contribution in [0.4, 0.5) is 0 Å². The van der Waals surface area contributed by atoms with Crippen molar-refractivity contribution >= 4 is 12.1 Å². The Kier molecular flexibility index (Phi) is 7.01. The van der Waals surface area contributed by atoms with E-state index < -0.39 is 0 Å². The molecule has 2 aromatic carbocycles. The zero-order valence-corrected chi connectivity index (χ0v) is 14.9. The number of carbonyl (C=O) groups excluding carboxylic acids is 1. The summed E-state index contributed by atoms with van der Waals surface area (Å²) in [4.78, 5) is 10.8. The Balaban J connectivity index is 1.76. The monoisotopic (exact) mass is 340 g/mol. The van der Waals surface area contributed by atoms with Gasteiger partial charge in [0.1, 0.15) is 11.5 Å². The number of rotatable bonds is 8. The maximum atomic E-state index is 10.8. The molecule has 5 nitrogen and oxygen atoms in total. The van der Waals surface area contributed by atoms with Gasteiger partial charge in [-0.2, -0.15) is 5.10 Å². The molecule has 0 aliphatic carbocycles. The van der Waals surface area contributed by atoms with Crippen molar-refractivity contribution in [1.29, 1.82) is 0 Å². The summed E-state index contributed by atoms with van der Waals surface area (Å²) in [5.41, 5.74) is 5.52. The summed E-state index contributed by atoms with van der Waals surface area (Å²) in [5, 5.41) is 3.84. The molecule has 0 saturated heterocycles. The van der Waals surface area contributed by atoms with Gasteiger partial charge in [-0.05, 0) is 42.7 Å². The van der Waals surface area contributed by atoms with Crippen molar-refractivity contribution in [1.82, 2.24) is 5.43 Å². The lowest BCUT2D eigenvalue weighted by Gasteiger charge is -2.12. The molecule has 2 rings (SSSR count). The highest BCUT2D eigenvalue weighted by molar-refractivity contribution is 5.82. The van der Waals surface area contributed by atoms with E-state index in [4.69, 9.17) is 9.47 Å². The number of benzene rings is 2. The summed E-state index contributed by atoms with van der Waals surface area (Å²) in [6, 6.07) is 13.7. The van der Waals surface area contributed by atoms with Crippen molar-refractivity contribution in [3.63, 3.8) is 0 Å². The lowest BCUT2D eigenvalue weighted by Crippen LogP contribution is -2.12. The average Bonchev–Trinajstić information content (AvgIpc) is 2.57. The van der Waals surface area contributed by atoms with Gasteiger partial charge < -0.3 is 9.47 Å². The second-order valence-corrected chi connectivity index (χ2v) is 5.77. The number of aryl methyl sites for hydroxylation is 2. The zero-order valence-electron chi connectivity index (χ0n) is 14.9. The van der Waals surface area contributed by atoms with Crippen LogP contribution in [-0.2, 0) is 4.79 Å². The minimum absolute atomic E-state index is 0.201. The molecule has 0 bridgehead atoms. The van der Waals surface area contributed by atoms with Crippen LogP contribution in [0.2, 0.25) is 0 Å². The number of nitrogens with zero attached hydrogens (tertiary/aromatic N) is 1. The lowest BCUT2D eigenvalue weighted by atomic mass is 10.1. The summed E-state index contributed by atoms with van der Waals surface area (Å²) in [7, 11) is 0. The quantitative estimate of drug-likeness (QED) is 0.453. The van der Waals surface area contributed by atoms with Crippen LogP contribution < -0.4 is 14.9 Å². The Morgan fingerprint density at radius 2 is 1.76 bits per heavy atom. The number of hydrogen-bond acceptors (Lipinski definition) is 4. The summed E-state index contributed by atoms with van der Waals surface area (Å²) in [6.07, 6.45) is 2.37. The molecule has 0 aliphatic rings. The number of hydrazone groups is 1. The largest absolute Gasteiger partial charge is 0.493 e. The first kappa shape index (κ1) is 18.5. The molecular formula is C20H24N2O3. The fraction of sp³-hybridized carbons (Fsp3) is 0.300. The van der Waals surface area contributed by atoms with E-state index in [9.17, 15) is 4.79 Å². The molecule has 1 amide bonds. The molecule has 25 heavy (non-hydrogen) atoms. The third kappa shape index (κ3) is 6.30. The highest BCUT2D eigenvalue weighted by atomic mass is 16.5. The van der Waals surface area contributed by atoms with Crippen LogP contribution in [0.15, 0.2) is 47.6 Å². The normalized spacial score (nSPS) is 10.7. The van der Waals surface area contributed by atoms with Gasteiger partial charge in [0.15, 0.2) is 0 Å². The SMILES string of the molecule is CC(=O)NN=Cc1cccc(OCCCOc2c(C)cccc2C)c1. The fourth-order valence-electron chi connectivity index (χ4n) is 2.33. The van der Waals surface area contributed by atoms with Crippen molar-refractivity contribution in [2.24, 2.45) is 5.10 Å². The van der Waals surface area contributed by atoms with E-state index in [0.717, 1.165) is 34.6 Å². The molecule has 132 valence electrons. The number of amides is 1. The molecule has 0 saturated carbocycles. The molecule has 0 aromatic heterocycles. The van der Waals surface area contributed by atoms with E-state index in [1.165, 1.54) is 6.92 Å². The van der Waals surface area contributed by atoms with Crippen LogP contribution in [0.25, 0.3) is 0 Å². The molecule has 0 fully saturated rings. The van der Waals surface area contributed by atoms with Crippen molar-refractivity contribution < 1.29 is 14.3 Å². The van der Waals surface area contributed by atoms with Crippen molar-refractivity contribution in [3.8, 4) is 11.5 Å². The van der Waals surface area contributed by atoms with Gasteiger partial charge in [0.2, 0.25) is 5.91 Å². The van der Waals surface area contributed by atoms with Crippen molar-refractivity contribution in [2.45, 2.75) is 27.2 Å². The summed E-state index contributed by atoms with van der Waals surface area (Å²) in [5.74, 6) is 1.52. The Hall–Kier alpha value is -2.82. The second-order valence-electron chi connectivity index (χ2n) is 5.77. The molecule has 5 heteroatoms. The number of carbonyl (C=O) groups is 1. The summed E-state index contributed by atoms with van der Waals surface area (Å²) < 4.78 is 11.6. The lowest BCUT2D eigenvalue weighted by molar-refractivity contribution is -0.118. The Morgan fingerprint density at radius 1 is 1.08 bits per heavy atom. The maximum absolute atomic E-state index is 10.8. The van der Waals surface area contributed by atoms with Crippen LogP contribution in [-0.4, -0.2) is 25.3 Å². The molecule has 1 N–H and O–H groups in total. The molecular weight excluding hydrogens is 316 g/mol. The summed E-state index contributed by atoms with van der Waals surface area (Å²) >= 11 is 0. The molecule has 0 atom stereocenters. The van der Waals surface area contributed by atoms with Gasteiger partial charge in [-0.15, -0.1) is 0 Å². The Morgan fingerprint density at radius 3 is 2.48 bits per heavy atom. The predicted octanol–water partition coefficient (Wildman–Crippen LogP) is 3.62. The third-order valence-electron chi connectivity index (χ3n) is 3.51. The first-order chi connectivity index (χ1) is 12.1. The number of para-hydroxylation sites is 1. The van der Waals surface area contributed by atoms with Crippen molar-refractivity contribution in [3.05, 3.63) is 59.2 Å². The molecule has 0 radical (unpaired) electrons. The van der Waals surface area contributed by atoms with Crippen LogP contribution in [0.1, 0.15) is 30.0 Å². The highest BCUT2D eigenvalue weighted by Crippen LogP contribution is 2.22. The van der Waals surface area contributed by atoms with E-state index in [1.807, 2.05) is 56.3 Å². The topological polar surface area (TPSA) is 59.9 Å². The average molecular weight is 340 g/mol. The van der Waals surface area contributed by atoms with Gasteiger partial charge in [0.25, 0.3) is 0 Å². The predicted molar refractivity (Wildman–Crippen MR) is 99.4 cm³/mol. The number of hydrogen-bond donors (Lipinski definition) is 1. The molecule has 0 heterocycles. The zero-order chi connectivity index (χ0) is 18.1. The molecule has 2 aromatic rings. The first-order valence-electron chi connectivity index (χ1n) is 8.28. The van der Waals surface area contributed by atoms with Crippen LogP contribution in [0, 0.1) is 13.8 Å². The maximum Gasteiger partial charge on any atom is 0.236 e. The van der Waals surface area contributed by atoms with Gasteiger partial charge in [-0.3, -0.25) is 4.79 Å². The van der Waals surface area contributed by atoms with Crippen LogP contribution in [0.5, 0.6) is 11.5 Å². The molecule has 0 unspecified atom stereocenters. The number of nitrogens with one attached hydrogen (secondary N) is 1. The minimum Gasteiger partial charge on any atom is -0.493 e. The van der Waals surface area contributed by atoms with Gasteiger partial charge in [-0.25, -0.2) is 5.43 Å². The van der Waals surface area contributed by atoms with Crippen molar-refractivity contribution in [2.75, 3.05) is 13.2 Å². The smallest absolute Gasteiger partial charge is 0.236 e. The van der Waals surface area contributed by atoms with E-state index in [-0.39, 0.29) is 5.91 Å². The highest BCUT2D eigenvalue weighted by Gasteiger charge is 2.03. The summed E-state index contributed by atoms with van der Waals surface area (Å²) in [6.45, 7) is 6.68. The number of ether oxygens (including phenoxy) is 2. The van der Waals surface area contributed by atoms with Gasteiger partial charge >= 0.3 is 0 Å².